The Labute approximate surface area is 134 Å². The first-order chi connectivity index (χ1) is 10.0. The van der Waals surface area contributed by atoms with Crippen LogP contribution in [0.1, 0.15) is 41.6 Å². The highest BCUT2D eigenvalue weighted by atomic mass is 79.9. The lowest BCUT2D eigenvalue weighted by molar-refractivity contribution is 0.586. The van der Waals surface area contributed by atoms with Gasteiger partial charge in [0.05, 0.1) is 6.04 Å². The first kappa shape index (κ1) is 16.2. The van der Waals surface area contributed by atoms with Crippen LogP contribution in [0.15, 0.2) is 40.9 Å². The van der Waals surface area contributed by atoms with Gasteiger partial charge in [-0.15, -0.1) is 0 Å². The van der Waals surface area contributed by atoms with Crippen LogP contribution < -0.4 is 5.32 Å². The summed E-state index contributed by atoms with van der Waals surface area (Å²) in [7, 11) is 0. The molecule has 112 valence electrons. The lowest BCUT2D eigenvalue weighted by atomic mass is 9.95. The van der Waals surface area contributed by atoms with E-state index in [-0.39, 0.29) is 11.9 Å². The average Bonchev–Trinajstić information content (AvgIpc) is 2.46. The van der Waals surface area contributed by atoms with E-state index in [0.717, 1.165) is 23.0 Å². The minimum atomic E-state index is -0.108. The summed E-state index contributed by atoms with van der Waals surface area (Å²) in [6.45, 7) is 6.72. The van der Waals surface area contributed by atoms with Gasteiger partial charge in [-0.1, -0.05) is 47.1 Å². The molecule has 2 rings (SSSR count). The zero-order chi connectivity index (χ0) is 15.4. The van der Waals surface area contributed by atoms with Crippen LogP contribution in [0.2, 0.25) is 0 Å². The van der Waals surface area contributed by atoms with Crippen LogP contribution in [0.5, 0.6) is 0 Å². The van der Waals surface area contributed by atoms with Crippen molar-refractivity contribution in [2.75, 3.05) is 6.54 Å². The molecule has 1 unspecified atom stereocenters. The second-order valence-electron chi connectivity index (χ2n) is 5.41. The molecule has 0 aliphatic rings. The van der Waals surface area contributed by atoms with Gasteiger partial charge in [-0.3, -0.25) is 0 Å². The maximum absolute atomic E-state index is 13.9. The highest BCUT2D eigenvalue weighted by Crippen LogP contribution is 2.26. The Kier molecular flexibility index (Phi) is 5.54. The third-order valence-corrected chi connectivity index (χ3v) is 4.12. The summed E-state index contributed by atoms with van der Waals surface area (Å²) >= 11 is 3.47. The number of hydrogen-bond donors (Lipinski definition) is 1. The van der Waals surface area contributed by atoms with Crippen molar-refractivity contribution in [2.24, 2.45) is 0 Å². The van der Waals surface area contributed by atoms with E-state index in [1.165, 1.54) is 5.56 Å². The normalized spacial score (nSPS) is 12.4. The molecule has 2 aromatic rings. The van der Waals surface area contributed by atoms with E-state index in [2.05, 4.69) is 40.3 Å². The van der Waals surface area contributed by atoms with Crippen molar-refractivity contribution >= 4 is 15.9 Å². The van der Waals surface area contributed by atoms with Crippen LogP contribution in [0, 0.1) is 19.7 Å². The predicted octanol–water partition coefficient (Wildman–Crippen LogP) is 5.29. The first-order valence-electron chi connectivity index (χ1n) is 7.28. The van der Waals surface area contributed by atoms with Crippen molar-refractivity contribution in [3.8, 4) is 0 Å². The Morgan fingerprint density at radius 3 is 2.14 bits per heavy atom. The van der Waals surface area contributed by atoms with Gasteiger partial charge in [0.2, 0.25) is 0 Å². The molecule has 1 atom stereocenters. The molecule has 1 nitrogen and oxygen atoms in total. The number of nitrogens with one attached hydrogen (secondary N) is 1. The summed E-state index contributed by atoms with van der Waals surface area (Å²) in [6, 6.07) is 12.3. The van der Waals surface area contributed by atoms with Gasteiger partial charge in [0.1, 0.15) is 5.82 Å². The third-order valence-electron chi connectivity index (χ3n) is 3.59. The molecule has 1 N–H and O–H groups in total. The second kappa shape index (κ2) is 7.19. The fourth-order valence-corrected chi connectivity index (χ4v) is 2.78. The molecule has 2 aromatic carbocycles. The van der Waals surface area contributed by atoms with Gasteiger partial charge < -0.3 is 5.32 Å². The maximum Gasteiger partial charge on any atom is 0.129 e. The van der Waals surface area contributed by atoms with Crippen LogP contribution in [-0.2, 0) is 0 Å². The van der Waals surface area contributed by atoms with Crippen LogP contribution in [0.25, 0.3) is 0 Å². The largest absolute Gasteiger partial charge is 0.306 e. The zero-order valence-corrected chi connectivity index (χ0v) is 14.3. The van der Waals surface area contributed by atoms with Crippen molar-refractivity contribution in [1.82, 2.24) is 5.32 Å². The molecule has 21 heavy (non-hydrogen) atoms. The van der Waals surface area contributed by atoms with Crippen molar-refractivity contribution in [3.05, 3.63) is 68.9 Å². The van der Waals surface area contributed by atoms with E-state index in [9.17, 15) is 4.39 Å². The van der Waals surface area contributed by atoms with E-state index in [1.54, 1.807) is 0 Å². The van der Waals surface area contributed by atoms with E-state index < -0.39 is 0 Å². The van der Waals surface area contributed by atoms with Crippen LogP contribution in [0.4, 0.5) is 4.39 Å². The molecule has 0 heterocycles. The van der Waals surface area contributed by atoms with Gasteiger partial charge in [0.15, 0.2) is 0 Å². The molecule has 0 radical (unpaired) electrons. The minimum Gasteiger partial charge on any atom is -0.306 e. The van der Waals surface area contributed by atoms with Crippen molar-refractivity contribution in [2.45, 2.75) is 33.2 Å². The molecular weight excluding hydrogens is 329 g/mol. The Balaban J connectivity index is 2.42. The van der Waals surface area contributed by atoms with Gasteiger partial charge in [0.25, 0.3) is 0 Å². The Bertz CT molecular complexity index is 584. The molecule has 0 spiro atoms. The van der Waals surface area contributed by atoms with Gasteiger partial charge in [-0.25, -0.2) is 4.39 Å². The van der Waals surface area contributed by atoms with E-state index >= 15 is 0 Å². The number of rotatable bonds is 5. The summed E-state index contributed by atoms with van der Waals surface area (Å²) < 4.78 is 14.9. The van der Waals surface area contributed by atoms with Gasteiger partial charge in [0, 0.05) is 4.47 Å². The summed E-state index contributed by atoms with van der Waals surface area (Å²) in [5, 5.41) is 3.56. The number of halogens is 2. The van der Waals surface area contributed by atoms with Crippen molar-refractivity contribution in [1.29, 1.82) is 0 Å². The van der Waals surface area contributed by atoms with Crippen LogP contribution in [-0.4, -0.2) is 6.54 Å². The lowest BCUT2D eigenvalue weighted by Crippen LogP contribution is -2.23. The topological polar surface area (TPSA) is 12.0 Å². The fraction of sp³-hybridized carbons (Fsp3) is 0.333. The summed E-state index contributed by atoms with van der Waals surface area (Å²) in [5.74, 6) is -0.108. The minimum absolute atomic E-state index is 0.0936. The second-order valence-corrected chi connectivity index (χ2v) is 6.32. The Hall–Kier alpha value is -1.19. The Morgan fingerprint density at radius 1 is 1.05 bits per heavy atom. The monoisotopic (exact) mass is 349 g/mol. The number of hydrogen-bond acceptors (Lipinski definition) is 1. The third kappa shape index (κ3) is 3.92. The van der Waals surface area contributed by atoms with Crippen LogP contribution >= 0.6 is 15.9 Å². The number of benzene rings is 2. The standard InChI is InChI=1S/C18H21BrFN/c1-4-9-21-18(14-5-7-16(19)8-6-14)15-10-12(2)17(20)13(3)11-15/h5-8,10-11,18,21H,4,9H2,1-3H3. The highest BCUT2D eigenvalue weighted by molar-refractivity contribution is 9.10. The van der Waals surface area contributed by atoms with Crippen molar-refractivity contribution in [3.63, 3.8) is 0 Å². The number of aryl methyl sites for hydroxylation is 2. The first-order valence-corrected chi connectivity index (χ1v) is 8.07. The predicted molar refractivity (Wildman–Crippen MR) is 90.2 cm³/mol. The molecule has 0 amide bonds. The molecular formula is C18H21BrFN. The highest BCUT2D eigenvalue weighted by Gasteiger charge is 2.15. The molecule has 0 aliphatic carbocycles. The van der Waals surface area contributed by atoms with Crippen LogP contribution in [0.3, 0.4) is 0 Å². The SMILES string of the molecule is CCCNC(c1ccc(Br)cc1)c1cc(C)c(F)c(C)c1. The molecule has 0 saturated carbocycles. The van der Waals surface area contributed by atoms with Crippen molar-refractivity contribution < 1.29 is 4.39 Å². The molecule has 3 heteroatoms. The quantitative estimate of drug-likeness (QED) is 0.772. The zero-order valence-electron chi connectivity index (χ0n) is 12.7. The molecule has 0 aromatic heterocycles. The fourth-order valence-electron chi connectivity index (χ4n) is 2.52. The molecule has 0 bridgehead atoms. The Morgan fingerprint density at radius 2 is 1.62 bits per heavy atom. The molecule has 0 aliphatic heterocycles. The maximum atomic E-state index is 13.9. The summed E-state index contributed by atoms with van der Waals surface area (Å²) in [6.07, 6.45) is 1.06. The summed E-state index contributed by atoms with van der Waals surface area (Å²) in [5.41, 5.74) is 3.70. The van der Waals surface area contributed by atoms with E-state index in [1.807, 2.05) is 38.1 Å². The van der Waals surface area contributed by atoms with E-state index in [4.69, 9.17) is 0 Å². The molecule has 0 saturated heterocycles. The van der Waals surface area contributed by atoms with Gasteiger partial charge >= 0.3 is 0 Å². The lowest BCUT2D eigenvalue weighted by Gasteiger charge is -2.21. The summed E-state index contributed by atoms with van der Waals surface area (Å²) in [4.78, 5) is 0. The van der Waals surface area contributed by atoms with Gasteiger partial charge in [-0.05, 0) is 61.2 Å². The van der Waals surface area contributed by atoms with E-state index in [0.29, 0.717) is 11.1 Å². The van der Waals surface area contributed by atoms with Gasteiger partial charge in [-0.2, -0.15) is 0 Å². The smallest absolute Gasteiger partial charge is 0.129 e. The molecule has 0 fully saturated rings. The average molecular weight is 350 g/mol.